The highest BCUT2D eigenvalue weighted by Gasteiger charge is 2.22. The summed E-state index contributed by atoms with van der Waals surface area (Å²) in [5.74, 6) is 1.37. The van der Waals surface area contributed by atoms with Crippen molar-refractivity contribution in [2.24, 2.45) is 11.8 Å². The molecule has 1 aromatic rings. The van der Waals surface area contributed by atoms with E-state index in [0.717, 1.165) is 19.5 Å². The zero-order chi connectivity index (χ0) is 16.8. The molecule has 4 heteroatoms. The maximum absolute atomic E-state index is 12.3. The van der Waals surface area contributed by atoms with E-state index >= 15 is 0 Å². The van der Waals surface area contributed by atoms with Crippen molar-refractivity contribution in [1.82, 2.24) is 10.6 Å². The third kappa shape index (κ3) is 6.82. The van der Waals surface area contributed by atoms with Gasteiger partial charge in [-0.2, -0.15) is 0 Å². The van der Waals surface area contributed by atoms with Crippen LogP contribution in [-0.2, 0) is 11.2 Å². The number of amides is 1. The minimum Gasteiger partial charge on any atom is -0.353 e. The van der Waals surface area contributed by atoms with Gasteiger partial charge in [0, 0.05) is 12.5 Å². The molecule has 136 valence electrons. The van der Waals surface area contributed by atoms with Gasteiger partial charge in [0.15, 0.2) is 0 Å². The standard InChI is InChI=1S/C20H32N2O.ClH/c1-14-9-15(2)11-18(10-14)13-17(4)22-20(23)12-16(3)19-5-7-21-8-6-19;/h9-11,16-17,19,21H,5-8,12-13H2,1-4H3,(H,22,23);1H. The molecule has 1 amide bonds. The summed E-state index contributed by atoms with van der Waals surface area (Å²) in [6.45, 7) is 10.8. The summed E-state index contributed by atoms with van der Waals surface area (Å²) < 4.78 is 0. The van der Waals surface area contributed by atoms with Crippen molar-refractivity contribution in [1.29, 1.82) is 0 Å². The normalized spacial score (nSPS) is 17.7. The van der Waals surface area contributed by atoms with Gasteiger partial charge in [-0.1, -0.05) is 36.2 Å². The molecular weight excluding hydrogens is 320 g/mol. The number of carbonyl (C=O) groups is 1. The Kier molecular flexibility index (Phi) is 8.79. The van der Waals surface area contributed by atoms with Gasteiger partial charge in [0.1, 0.15) is 0 Å². The number of carbonyl (C=O) groups excluding carboxylic acids is 1. The molecule has 2 atom stereocenters. The van der Waals surface area contributed by atoms with Crippen LogP contribution in [0.3, 0.4) is 0 Å². The summed E-state index contributed by atoms with van der Waals surface area (Å²) >= 11 is 0. The second-order valence-corrected chi connectivity index (χ2v) is 7.44. The van der Waals surface area contributed by atoms with Gasteiger partial charge < -0.3 is 10.6 Å². The first-order chi connectivity index (χ1) is 10.9. The number of rotatable bonds is 6. The topological polar surface area (TPSA) is 41.1 Å². The van der Waals surface area contributed by atoms with Crippen LogP contribution < -0.4 is 10.6 Å². The Morgan fingerprint density at radius 1 is 1.17 bits per heavy atom. The Labute approximate surface area is 153 Å². The van der Waals surface area contributed by atoms with Gasteiger partial charge in [0.05, 0.1) is 0 Å². The highest BCUT2D eigenvalue weighted by Crippen LogP contribution is 2.24. The van der Waals surface area contributed by atoms with Crippen molar-refractivity contribution in [2.75, 3.05) is 13.1 Å². The number of nitrogens with one attached hydrogen (secondary N) is 2. The van der Waals surface area contributed by atoms with Crippen LogP contribution in [0.5, 0.6) is 0 Å². The maximum Gasteiger partial charge on any atom is 0.220 e. The van der Waals surface area contributed by atoms with Gasteiger partial charge >= 0.3 is 0 Å². The van der Waals surface area contributed by atoms with Crippen LogP contribution in [0, 0.1) is 25.7 Å². The lowest BCUT2D eigenvalue weighted by Gasteiger charge is -2.28. The highest BCUT2D eigenvalue weighted by molar-refractivity contribution is 5.85. The number of hydrogen-bond donors (Lipinski definition) is 2. The van der Waals surface area contributed by atoms with Crippen molar-refractivity contribution >= 4 is 18.3 Å². The first kappa shape index (κ1) is 21.0. The number of halogens is 1. The van der Waals surface area contributed by atoms with Gasteiger partial charge in [-0.3, -0.25) is 4.79 Å². The van der Waals surface area contributed by atoms with Crippen LogP contribution in [-0.4, -0.2) is 25.0 Å². The van der Waals surface area contributed by atoms with Gasteiger partial charge in [-0.15, -0.1) is 12.4 Å². The fourth-order valence-corrected chi connectivity index (χ4v) is 3.80. The van der Waals surface area contributed by atoms with E-state index in [9.17, 15) is 4.79 Å². The monoisotopic (exact) mass is 352 g/mol. The van der Waals surface area contributed by atoms with E-state index in [1.165, 1.54) is 29.5 Å². The Morgan fingerprint density at radius 3 is 2.33 bits per heavy atom. The van der Waals surface area contributed by atoms with Crippen LogP contribution >= 0.6 is 12.4 Å². The van der Waals surface area contributed by atoms with E-state index in [0.29, 0.717) is 18.3 Å². The molecule has 0 spiro atoms. The Morgan fingerprint density at radius 2 is 1.75 bits per heavy atom. The van der Waals surface area contributed by atoms with Gasteiger partial charge in [-0.05, 0) is 70.5 Å². The van der Waals surface area contributed by atoms with Crippen LogP contribution in [0.25, 0.3) is 0 Å². The first-order valence-electron chi connectivity index (χ1n) is 9.01. The maximum atomic E-state index is 12.3. The van der Waals surface area contributed by atoms with Crippen LogP contribution in [0.4, 0.5) is 0 Å². The van der Waals surface area contributed by atoms with Gasteiger partial charge in [-0.25, -0.2) is 0 Å². The average molecular weight is 353 g/mol. The van der Waals surface area contributed by atoms with Gasteiger partial charge in [0.25, 0.3) is 0 Å². The van der Waals surface area contributed by atoms with E-state index in [2.05, 4.69) is 56.5 Å². The number of hydrogen-bond acceptors (Lipinski definition) is 2. The van der Waals surface area contributed by atoms with E-state index in [1.54, 1.807) is 0 Å². The quantitative estimate of drug-likeness (QED) is 0.817. The molecule has 0 aromatic heterocycles. The third-order valence-corrected chi connectivity index (χ3v) is 4.93. The molecule has 1 aromatic carbocycles. The fourth-order valence-electron chi connectivity index (χ4n) is 3.80. The first-order valence-corrected chi connectivity index (χ1v) is 9.01. The zero-order valence-corrected chi connectivity index (χ0v) is 16.3. The molecule has 3 nitrogen and oxygen atoms in total. The van der Waals surface area contributed by atoms with Crippen molar-refractivity contribution in [3.05, 3.63) is 34.9 Å². The molecular formula is C20H33ClN2O. The Hall–Kier alpha value is -1.06. The van der Waals surface area contributed by atoms with E-state index in [-0.39, 0.29) is 24.4 Å². The van der Waals surface area contributed by atoms with Crippen molar-refractivity contribution in [2.45, 2.75) is 59.4 Å². The van der Waals surface area contributed by atoms with Crippen LogP contribution in [0.1, 0.15) is 49.8 Å². The fraction of sp³-hybridized carbons (Fsp3) is 0.650. The number of benzene rings is 1. The molecule has 24 heavy (non-hydrogen) atoms. The molecule has 0 bridgehead atoms. The lowest BCUT2D eigenvalue weighted by Crippen LogP contribution is -2.37. The summed E-state index contributed by atoms with van der Waals surface area (Å²) in [6, 6.07) is 6.80. The van der Waals surface area contributed by atoms with Crippen LogP contribution in [0.15, 0.2) is 18.2 Å². The van der Waals surface area contributed by atoms with E-state index < -0.39 is 0 Å². The predicted octanol–water partition coefficient (Wildman–Crippen LogP) is 3.80. The average Bonchev–Trinajstić information content (AvgIpc) is 2.46. The summed E-state index contributed by atoms with van der Waals surface area (Å²) in [6.07, 6.45) is 3.96. The molecule has 2 rings (SSSR count). The molecule has 0 aliphatic carbocycles. The molecule has 1 saturated heterocycles. The van der Waals surface area contributed by atoms with E-state index in [4.69, 9.17) is 0 Å². The summed E-state index contributed by atoms with van der Waals surface area (Å²) in [4.78, 5) is 12.3. The molecule has 2 unspecified atom stereocenters. The summed E-state index contributed by atoms with van der Waals surface area (Å²) in [7, 11) is 0. The second-order valence-electron chi connectivity index (χ2n) is 7.44. The van der Waals surface area contributed by atoms with Crippen molar-refractivity contribution in [3.8, 4) is 0 Å². The molecule has 1 aliphatic heterocycles. The minimum absolute atomic E-state index is 0. The second kappa shape index (κ2) is 10.0. The predicted molar refractivity (Wildman–Crippen MR) is 104 cm³/mol. The van der Waals surface area contributed by atoms with E-state index in [1.807, 2.05) is 0 Å². The lowest BCUT2D eigenvalue weighted by molar-refractivity contribution is -0.122. The van der Waals surface area contributed by atoms with Crippen LogP contribution in [0.2, 0.25) is 0 Å². The molecule has 0 radical (unpaired) electrons. The highest BCUT2D eigenvalue weighted by atomic mass is 35.5. The Balaban J connectivity index is 0.00000288. The summed E-state index contributed by atoms with van der Waals surface area (Å²) in [5, 5.41) is 6.57. The largest absolute Gasteiger partial charge is 0.353 e. The molecule has 0 saturated carbocycles. The summed E-state index contributed by atoms with van der Waals surface area (Å²) in [5.41, 5.74) is 3.89. The SMILES string of the molecule is Cc1cc(C)cc(CC(C)NC(=O)CC(C)C2CCNCC2)c1.Cl. The van der Waals surface area contributed by atoms with Crippen molar-refractivity contribution < 1.29 is 4.79 Å². The van der Waals surface area contributed by atoms with Crippen molar-refractivity contribution in [3.63, 3.8) is 0 Å². The molecule has 1 fully saturated rings. The number of aryl methyl sites for hydroxylation is 2. The Bertz CT molecular complexity index is 506. The molecule has 2 N–H and O–H groups in total. The lowest BCUT2D eigenvalue weighted by atomic mass is 9.84. The smallest absolute Gasteiger partial charge is 0.220 e. The zero-order valence-electron chi connectivity index (χ0n) is 15.5. The molecule has 1 heterocycles. The molecule has 1 aliphatic rings. The third-order valence-electron chi connectivity index (χ3n) is 4.93. The number of piperidine rings is 1. The van der Waals surface area contributed by atoms with Gasteiger partial charge in [0.2, 0.25) is 5.91 Å². The minimum atomic E-state index is 0.